The summed E-state index contributed by atoms with van der Waals surface area (Å²) in [5, 5.41) is 15.4. The first-order chi connectivity index (χ1) is 15.0. The highest BCUT2D eigenvalue weighted by Crippen LogP contribution is 2.27. The van der Waals surface area contributed by atoms with E-state index in [4.69, 9.17) is 16.2 Å². The molecule has 11 heteroatoms. The minimum atomic E-state index is -0.718. The first-order valence-electron chi connectivity index (χ1n) is 9.79. The maximum atomic E-state index is 12.6. The summed E-state index contributed by atoms with van der Waals surface area (Å²) in [5.74, 6) is 0.839. The Balaban J connectivity index is 1.34. The lowest BCUT2D eigenvalue weighted by Gasteiger charge is -2.18. The van der Waals surface area contributed by atoms with Crippen LogP contribution in [0.5, 0.6) is 0 Å². The Labute approximate surface area is 183 Å². The molecule has 1 aromatic carbocycles. The van der Waals surface area contributed by atoms with Crippen molar-refractivity contribution in [2.75, 3.05) is 47.2 Å². The number of nitrogens with one attached hydrogen (secondary N) is 2. The molecule has 0 aliphatic carbocycles. The molecule has 2 atom stereocenters. The predicted molar refractivity (Wildman–Crippen MR) is 122 cm³/mol. The van der Waals surface area contributed by atoms with E-state index in [-0.39, 0.29) is 11.9 Å². The van der Waals surface area contributed by atoms with Gasteiger partial charge in [0.25, 0.3) is 5.91 Å². The van der Waals surface area contributed by atoms with Crippen LogP contribution in [0.2, 0.25) is 0 Å². The van der Waals surface area contributed by atoms with Crippen molar-refractivity contribution in [2.24, 2.45) is 0 Å². The molecule has 0 bridgehead atoms. The van der Waals surface area contributed by atoms with Crippen molar-refractivity contribution in [3.63, 3.8) is 0 Å². The van der Waals surface area contributed by atoms with Crippen LogP contribution in [-0.4, -0.2) is 47.3 Å². The molecule has 10 nitrogen and oxygen atoms in total. The number of carbonyl (C=O) groups is 1. The molecule has 1 fully saturated rings. The zero-order valence-electron chi connectivity index (χ0n) is 17.0. The Morgan fingerprint density at radius 1 is 1.19 bits per heavy atom. The molecule has 1 saturated heterocycles. The Bertz CT molecular complexity index is 1040. The molecule has 0 spiro atoms. The summed E-state index contributed by atoms with van der Waals surface area (Å²) in [5.41, 5.74) is 12.8. The average molecular weight is 441 g/mol. The summed E-state index contributed by atoms with van der Waals surface area (Å²) >= 11 is 1.28. The summed E-state index contributed by atoms with van der Waals surface area (Å²) in [6, 6.07) is 13.1. The molecule has 1 aliphatic heterocycles. The SMILES string of the molecule is COC(C(=O)Nc1nnc(NC2CCN(c3ccc(N)c(N)n3)C2)s1)c1ccccc1. The third kappa shape index (κ3) is 4.84. The normalized spacial score (nSPS) is 16.8. The minimum Gasteiger partial charge on any atom is -0.396 e. The van der Waals surface area contributed by atoms with Gasteiger partial charge in [-0.3, -0.25) is 10.1 Å². The van der Waals surface area contributed by atoms with E-state index in [0.717, 1.165) is 30.9 Å². The molecule has 162 valence electrons. The second-order valence-electron chi connectivity index (χ2n) is 7.15. The summed E-state index contributed by atoms with van der Waals surface area (Å²) in [7, 11) is 1.50. The average Bonchev–Trinajstić information content (AvgIpc) is 3.41. The standard InChI is InChI=1S/C20H24N8O2S/c1-30-16(12-5-3-2-4-6-12)18(29)25-20-27-26-19(31-20)23-13-9-10-28(11-13)15-8-7-14(21)17(22)24-15/h2-8,13,16H,9-11,21H2,1H3,(H2,22,24)(H,23,26)(H,25,27,29). The lowest BCUT2D eigenvalue weighted by atomic mass is 10.1. The number of methoxy groups -OCH3 is 1. The maximum absolute atomic E-state index is 12.6. The van der Waals surface area contributed by atoms with Crippen LogP contribution in [0.25, 0.3) is 0 Å². The van der Waals surface area contributed by atoms with E-state index in [1.165, 1.54) is 18.4 Å². The van der Waals surface area contributed by atoms with Gasteiger partial charge in [-0.2, -0.15) is 0 Å². The van der Waals surface area contributed by atoms with Crippen molar-refractivity contribution in [1.29, 1.82) is 0 Å². The number of aromatic nitrogens is 3. The van der Waals surface area contributed by atoms with E-state index in [1.54, 1.807) is 6.07 Å². The van der Waals surface area contributed by atoms with Gasteiger partial charge in [0, 0.05) is 26.2 Å². The number of anilines is 5. The number of nitrogens with zero attached hydrogens (tertiary/aromatic N) is 4. The summed E-state index contributed by atoms with van der Waals surface area (Å²) in [6.07, 6.45) is 0.192. The Morgan fingerprint density at radius 3 is 2.71 bits per heavy atom. The fourth-order valence-corrected chi connectivity index (χ4v) is 4.16. The minimum absolute atomic E-state index is 0.174. The van der Waals surface area contributed by atoms with Crippen LogP contribution in [0.15, 0.2) is 42.5 Å². The first-order valence-corrected chi connectivity index (χ1v) is 10.6. The lowest BCUT2D eigenvalue weighted by Crippen LogP contribution is -2.26. The highest BCUT2D eigenvalue weighted by Gasteiger charge is 2.25. The number of benzene rings is 1. The van der Waals surface area contributed by atoms with Gasteiger partial charge in [0.2, 0.25) is 10.3 Å². The maximum Gasteiger partial charge on any atom is 0.259 e. The number of hydrogen-bond donors (Lipinski definition) is 4. The predicted octanol–water partition coefficient (Wildman–Crippen LogP) is 2.11. The molecule has 2 aromatic heterocycles. The monoisotopic (exact) mass is 440 g/mol. The van der Waals surface area contributed by atoms with Crippen LogP contribution >= 0.6 is 11.3 Å². The highest BCUT2D eigenvalue weighted by molar-refractivity contribution is 7.19. The van der Waals surface area contributed by atoms with E-state index in [1.807, 2.05) is 36.4 Å². The molecule has 6 N–H and O–H groups in total. The summed E-state index contributed by atoms with van der Waals surface area (Å²) in [4.78, 5) is 19.1. The van der Waals surface area contributed by atoms with E-state index < -0.39 is 6.10 Å². The van der Waals surface area contributed by atoms with Crippen molar-refractivity contribution in [3.8, 4) is 0 Å². The molecule has 0 radical (unpaired) electrons. The van der Waals surface area contributed by atoms with Crippen LogP contribution in [0, 0.1) is 0 Å². The summed E-state index contributed by atoms with van der Waals surface area (Å²) < 4.78 is 5.35. The van der Waals surface area contributed by atoms with Crippen molar-refractivity contribution in [3.05, 3.63) is 48.0 Å². The highest BCUT2D eigenvalue weighted by atomic mass is 32.1. The van der Waals surface area contributed by atoms with Gasteiger partial charge in [0.1, 0.15) is 11.6 Å². The molecular weight excluding hydrogens is 416 g/mol. The molecule has 3 aromatic rings. The van der Waals surface area contributed by atoms with Gasteiger partial charge in [-0.05, 0) is 24.1 Å². The number of carbonyl (C=O) groups excluding carboxylic acids is 1. The molecule has 1 aliphatic rings. The largest absolute Gasteiger partial charge is 0.396 e. The Hall–Kier alpha value is -3.44. The van der Waals surface area contributed by atoms with E-state index in [9.17, 15) is 4.79 Å². The molecule has 3 heterocycles. The van der Waals surface area contributed by atoms with Gasteiger partial charge in [0.15, 0.2) is 6.10 Å². The Morgan fingerprint density at radius 2 is 1.97 bits per heavy atom. The third-order valence-corrected chi connectivity index (χ3v) is 5.78. The van der Waals surface area contributed by atoms with Gasteiger partial charge in [-0.25, -0.2) is 4.98 Å². The number of pyridine rings is 1. The van der Waals surface area contributed by atoms with Gasteiger partial charge in [-0.15, -0.1) is 10.2 Å². The second-order valence-corrected chi connectivity index (χ2v) is 8.13. The van der Waals surface area contributed by atoms with Gasteiger partial charge in [0.05, 0.1) is 5.69 Å². The molecule has 4 rings (SSSR count). The fraction of sp³-hybridized carbons (Fsp3) is 0.300. The smallest absolute Gasteiger partial charge is 0.259 e. The Kier molecular flexibility index (Phi) is 6.14. The number of ether oxygens (including phenoxy) is 1. The topological polar surface area (TPSA) is 144 Å². The number of nitrogens with two attached hydrogens (primary N) is 2. The molecule has 31 heavy (non-hydrogen) atoms. The van der Waals surface area contributed by atoms with Crippen molar-refractivity contribution in [1.82, 2.24) is 15.2 Å². The molecule has 0 saturated carbocycles. The molecular formula is C20H24N8O2S. The van der Waals surface area contributed by atoms with Crippen LogP contribution in [-0.2, 0) is 9.53 Å². The lowest BCUT2D eigenvalue weighted by molar-refractivity contribution is -0.126. The van der Waals surface area contributed by atoms with Crippen LogP contribution in [0.1, 0.15) is 18.1 Å². The van der Waals surface area contributed by atoms with Crippen LogP contribution in [0.4, 0.5) is 27.6 Å². The zero-order valence-corrected chi connectivity index (χ0v) is 17.8. The van der Waals surface area contributed by atoms with Crippen LogP contribution in [0.3, 0.4) is 0 Å². The van der Waals surface area contributed by atoms with E-state index >= 15 is 0 Å². The number of amides is 1. The quantitative estimate of drug-likeness (QED) is 0.434. The summed E-state index contributed by atoms with van der Waals surface area (Å²) in [6.45, 7) is 1.58. The van der Waals surface area contributed by atoms with E-state index in [2.05, 4.69) is 30.7 Å². The van der Waals surface area contributed by atoms with Crippen molar-refractivity contribution >= 4 is 44.8 Å². The second kappa shape index (κ2) is 9.14. The fourth-order valence-electron chi connectivity index (χ4n) is 3.44. The van der Waals surface area contributed by atoms with Gasteiger partial charge in [-0.1, -0.05) is 41.7 Å². The van der Waals surface area contributed by atoms with Gasteiger partial charge >= 0.3 is 0 Å². The van der Waals surface area contributed by atoms with Crippen molar-refractivity contribution < 1.29 is 9.53 Å². The number of hydrogen-bond acceptors (Lipinski definition) is 10. The van der Waals surface area contributed by atoms with Crippen molar-refractivity contribution in [2.45, 2.75) is 18.6 Å². The molecule has 1 amide bonds. The van der Waals surface area contributed by atoms with Crippen LogP contribution < -0.4 is 27.0 Å². The first kappa shape index (κ1) is 20.8. The molecule has 2 unspecified atom stereocenters. The number of rotatable bonds is 7. The number of nitrogen functional groups attached to an aromatic ring is 2. The van der Waals surface area contributed by atoms with Gasteiger partial charge < -0.3 is 26.4 Å². The zero-order chi connectivity index (χ0) is 21.8. The third-order valence-electron chi connectivity index (χ3n) is 5.01. The van der Waals surface area contributed by atoms with E-state index in [0.29, 0.717) is 21.8 Å².